The van der Waals surface area contributed by atoms with Crippen LogP contribution in [0.3, 0.4) is 0 Å². The van der Waals surface area contributed by atoms with E-state index in [-0.39, 0.29) is 37.3 Å². The van der Waals surface area contributed by atoms with Crippen molar-refractivity contribution in [2.75, 3.05) is 25.0 Å². The van der Waals surface area contributed by atoms with Gasteiger partial charge in [-0.3, -0.25) is 9.59 Å². The first-order valence-electron chi connectivity index (χ1n) is 6.42. The van der Waals surface area contributed by atoms with E-state index in [1.165, 1.54) is 11.3 Å². The lowest BCUT2D eigenvalue weighted by Crippen LogP contribution is -2.36. The summed E-state index contributed by atoms with van der Waals surface area (Å²) < 4.78 is 6.33. The van der Waals surface area contributed by atoms with Crippen LogP contribution in [0.2, 0.25) is 0 Å². The number of halogens is 1. The molecule has 0 atom stereocenters. The van der Waals surface area contributed by atoms with Gasteiger partial charge in [0.15, 0.2) is 5.13 Å². The van der Waals surface area contributed by atoms with Crippen LogP contribution in [0.5, 0.6) is 5.75 Å². The highest BCUT2D eigenvalue weighted by Gasteiger charge is 2.09. The molecule has 120 valence electrons. The Labute approximate surface area is 137 Å². The van der Waals surface area contributed by atoms with Gasteiger partial charge in [-0.05, 0) is 25.1 Å². The number of anilines is 1. The molecule has 0 saturated carbocycles. The Hall–Kier alpha value is -1.90. The van der Waals surface area contributed by atoms with E-state index in [2.05, 4.69) is 15.6 Å². The smallest absolute Gasteiger partial charge is 0.245 e. The lowest BCUT2D eigenvalue weighted by molar-refractivity contribution is -0.123. The Morgan fingerprint density at radius 2 is 2.14 bits per heavy atom. The van der Waals surface area contributed by atoms with Crippen molar-refractivity contribution < 1.29 is 14.3 Å². The van der Waals surface area contributed by atoms with Crippen LogP contribution < -0.4 is 21.1 Å². The van der Waals surface area contributed by atoms with Crippen LogP contribution in [-0.2, 0) is 9.59 Å². The molecule has 0 aliphatic heterocycles. The molecule has 0 bridgehead atoms. The number of thiazole rings is 1. The number of nitrogens with one attached hydrogen (secondary N) is 2. The maximum absolute atomic E-state index is 11.7. The maximum Gasteiger partial charge on any atom is 0.245 e. The second kappa shape index (κ2) is 8.52. The van der Waals surface area contributed by atoms with Crippen molar-refractivity contribution >= 4 is 50.9 Å². The lowest BCUT2D eigenvalue weighted by Gasteiger charge is -2.02. The number of carbonyl (C=O) groups is 2. The minimum absolute atomic E-state index is 0. The van der Waals surface area contributed by atoms with Gasteiger partial charge in [0.25, 0.3) is 0 Å². The van der Waals surface area contributed by atoms with Gasteiger partial charge < -0.3 is 21.1 Å². The zero-order valence-corrected chi connectivity index (χ0v) is 13.6. The van der Waals surface area contributed by atoms with E-state index >= 15 is 0 Å². The molecule has 0 unspecified atom stereocenters. The summed E-state index contributed by atoms with van der Waals surface area (Å²) in [5, 5.41) is 5.50. The molecule has 0 aliphatic carbocycles. The number of amides is 2. The van der Waals surface area contributed by atoms with Crippen molar-refractivity contribution in [3.63, 3.8) is 0 Å². The van der Waals surface area contributed by atoms with E-state index < -0.39 is 0 Å². The summed E-state index contributed by atoms with van der Waals surface area (Å²) in [5.74, 6) is 0.0402. The summed E-state index contributed by atoms with van der Waals surface area (Å²) in [5.41, 5.74) is 5.92. The topological polar surface area (TPSA) is 106 Å². The number of aromatic nitrogens is 1. The van der Waals surface area contributed by atoms with Gasteiger partial charge in [0.05, 0.1) is 29.9 Å². The fourth-order valence-corrected chi connectivity index (χ4v) is 2.54. The van der Waals surface area contributed by atoms with Crippen LogP contribution in [-0.4, -0.2) is 36.5 Å². The molecule has 1 heterocycles. The second-order valence-electron chi connectivity index (χ2n) is 4.11. The Morgan fingerprint density at radius 3 is 2.82 bits per heavy atom. The van der Waals surface area contributed by atoms with E-state index in [0.29, 0.717) is 11.7 Å². The summed E-state index contributed by atoms with van der Waals surface area (Å²) >= 11 is 1.35. The fourth-order valence-electron chi connectivity index (χ4n) is 1.63. The molecule has 0 fully saturated rings. The van der Waals surface area contributed by atoms with Crippen LogP contribution in [0.4, 0.5) is 5.13 Å². The highest BCUT2D eigenvalue weighted by Crippen LogP contribution is 2.29. The van der Waals surface area contributed by atoms with Gasteiger partial charge >= 0.3 is 0 Å². The Balaban J connectivity index is 0.00000242. The van der Waals surface area contributed by atoms with Crippen LogP contribution in [0, 0.1) is 0 Å². The van der Waals surface area contributed by atoms with Crippen molar-refractivity contribution in [2.45, 2.75) is 6.92 Å². The molecule has 1 aromatic carbocycles. The molecule has 2 aromatic rings. The molecule has 4 N–H and O–H groups in total. The number of nitrogens with two attached hydrogens (primary N) is 1. The monoisotopic (exact) mass is 344 g/mol. The van der Waals surface area contributed by atoms with Crippen LogP contribution in [0.15, 0.2) is 18.2 Å². The van der Waals surface area contributed by atoms with Crippen molar-refractivity contribution in [1.82, 2.24) is 10.3 Å². The quantitative estimate of drug-likeness (QED) is 0.728. The van der Waals surface area contributed by atoms with Crippen LogP contribution in [0.1, 0.15) is 6.92 Å². The zero-order chi connectivity index (χ0) is 15.2. The van der Waals surface area contributed by atoms with E-state index in [4.69, 9.17) is 10.5 Å². The first-order chi connectivity index (χ1) is 10.1. The summed E-state index contributed by atoms with van der Waals surface area (Å²) in [7, 11) is 0. The second-order valence-corrected chi connectivity index (χ2v) is 5.14. The zero-order valence-electron chi connectivity index (χ0n) is 11.9. The molecule has 9 heteroatoms. The first kappa shape index (κ1) is 18.1. The number of hydrogen-bond donors (Lipinski definition) is 3. The molecule has 22 heavy (non-hydrogen) atoms. The fraction of sp³-hybridized carbons (Fsp3) is 0.308. The maximum atomic E-state index is 11.7. The largest absolute Gasteiger partial charge is 0.494 e. The minimum Gasteiger partial charge on any atom is -0.494 e. The highest BCUT2D eigenvalue weighted by molar-refractivity contribution is 7.22. The average molecular weight is 345 g/mol. The molecular weight excluding hydrogens is 328 g/mol. The van der Waals surface area contributed by atoms with Crippen molar-refractivity contribution in [3.8, 4) is 5.75 Å². The van der Waals surface area contributed by atoms with E-state index in [0.717, 1.165) is 16.0 Å². The predicted molar refractivity (Wildman–Crippen MR) is 88.7 cm³/mol. The standard InChI is InChI=1S/C13H16N4O3S.ClH/c1-2-20-8-3-4-9-10(5-8)21-13(16-9)17-12(19)7-15-11(18)6-14;/h3-5H,2,6-7,14H2,1H3,(H,15,18)(H,16,17,19);1H. The van der Waals surface area contributed by atoms with Crippen LogP contribution in [0.25, 0.3) is 10.2 Å². The van der Waals surface area contributed by atoms with E-state index in [9.17, 15) is 9.59 Å². The molecular formula is C13H17ClN4O3S. The summed E-state index contributed by atoms with van der Waals surface area (Å²) in [6, 6.07) is 5.55. The highest BCUT2D eigenvalue weighted by atomic mass is 35.5. The number of hydrogen-bond acceptors (Lipinski definition) is 6. The van der Waals surface area contributed by atoms with Gasteiger partial charge in [-0.2, -0.15) is 0 Å². The molecule has 2 amide bonds. The Morgan fingerprint density at radius 1 is 1.36 bits per heavy atom. The van der Waals surface area contributed by atoms with Gasteiger partial charge in [0, 0.05) is 0 Å². The number of carbonyl (C=O) groups excluding carboxylic acids is 2. The molecule has 7 nitrogen and oxygen atoms in total. The number of fused-ring (bicyclic) bond motifs is 1. The van der Waals surface area contributed by atoms with Gasteiger partial charge in [-0.15, -0.1) is 12.4 Å². The van der Waals surface area contributed by atoms with Crippen molar-refractivity contribution in [3.05, 3.63) is 18.2 Å². The normalized spacial score (nSPS) is 9.91. The molecule has 2 rings (SSSR count). The molecule has 0 radical (unpaired) electrons. The molecule has 0 spiro atoms. The Bertz CT molecular complexity index is 662. The first-order valence-corrected chi connectivity index (χ1v) is 7.24. The van der Waals surface area contributed by atoms with E-state index in [1.807, 2.05) is 25.1 Å². The van der Waals surface area contributed by atoms with Gasteiger partial charge in [0.2, 0.25) is 11.8 Å². The number of nitrogens with zero attached hydrogens (tertiary/aromatic N) is 1. The third-order valence-corrected chi connectivity index (χ3v) is 3.48. The lowest BCUT2D eigenvalue weighted by atomic mass is 10.3. The minimum atomic E-state index is -0.379. The number of benzene rings is 1. The average Bonchev–Trinajstić information content (AvgIpc) is 2.86. The van der Waals surface area contributed by atoms with Crippen molar-refractivity contribution in [1.29, 1.82) is 0 Å². The van der Waals surface area contributed by atoms with Crippen LogP contribution >= 0.6 is 23.7 Å². The molecule has 0 aliphatic rings. The summed E-state index contributed by atoms with van der Waals surface area (Å²) in [6.45, 7) is 2.23. The SMILES string of the molecule is CCOc1ccc2nc(NC(=O)CNC(=O)CN)sc2c1.Cl. The van der Waals surface area contributed by atoms with Crippen molar-refractivity contribution in [2.24, 2.45) is 5.73 Å². The summed E-state index contributed by atoms with van der Waals surface area (Å²) in [4.78, 5) is 26.9. The number of rotatable bonds is 6. The van der Waals surface area contributed by atoms with Gasteiger partial charge in [-0.25, -0.2) is 4.98 Å². The Kier molecular flexibility index (Phi) is 7.03. The van der Waals surface area contributed by atoms with Gasteiger partial charge in [-0.1, -0.05) is 11.3 Å². The third-order valence-electron chi connectivity index (χ3n) is 2.55. The molecule has 1 aromatic heterocycles. The number of ether oxygens (including phenoxy) is 1. The van der Waals surface area contributed by atoms with E-state index in [1.54, 1.807) is 0 Å². The summed E-state index contributed by atoms with van der Waals surface area (Å²) in [6.07, 6.45) is 0. The third kappa shape index (κ3) is 4.83. The van der Waals surface area contributed by atoms with Gasteiger partial charge in [0.1, 0.15) is 5.75 Å². The molecule has 0 saturated heterocycles. The predicted octanol–water partition coefficient (Wildman–Crippen LogP) is 1.13.